The van der Waals surface area contributed by atoms with Crippen molar-refractivity contribution in [2.45, 2.75) is 32.6 Å². The molecule has 0 aliphatic carbocycles. The molecule has 166 valence electrons. The Morgan fingerprint density at radius 3 is 2.24 bits per heavy atom. The Morgan fingerprint density at radius 1 is 1.03 bits per heavy atom. The lowest BCUT2D eigenvalue weighted by atomic mass is 9.86. The molecule has 0 aliphatic heterocycles. The van der Waals surface area contributed by atoms with E-state index in [0.29, 0.717) is 19.8 Å². The SMILES string of the molecule is COCCCNCCOCCOc1ccc(Cl)cc1C(C)(C)C.O=C(O)C(=O)O. The summed E-state index contributed by atoms with van der Waals surface area (Å²) in [6.45, 7) is 10.8. The molecule has 8 nitrogen and oxygen atoms in total. The number of aliphatic carboxylic acids is 2. The summed E-state index contributed by atoms with van der Waals surface area (Å²) in [4.78, 5) is 18.2. The van der Waals surface area contributed by atoms with Gasteiger partial charge in [0.2, 0.25) is 0 Å². The molecule has 1 rings (SSSR count). The molecule has 1 aromatic rings. The summed E-state index contributed by atoms with van der Waals surface area (Å²) >= 11 is 6.09. The van der Waals surface area contributed by atoms with Crippen LogP contribution < -0.4 is 10.1 Å². The Bertz CT molecular complexity index is 605. The highest BCUT2D eigenvalue weighted by Gasteiger charge is 2.19. The summed E-state index contributed by atoms with van der Waals surface area (Å²) in [6.07, 6.45) is 1.02. The molecule has 0 spiro atoms. The maximum Gasteiger partial charge on any atom is 0.414 e. The number of methoxy groups -OCH3 is 1. The van der Waals surface area contributed by atoms with Crippen LogP contribution >= 0.6 is 11.6 Å². The molecule has 0 heterocycles. The Morgan fingerprint density at radius 2 is 1.69 bits per heavy atom. The average molecular weight is 434 g/mol. The molecule has 9 heteroatoms. The van der Waals surface area contributed by atoms with Gasteiger partial charge in [0.05, 0.1) is 13.2 Å². The third-order valence-electron chi connectivity index (χ3n) is 3.54. The first-order valence-corrected chi connectivity index (χ1v) is 9.63. The molecule has 0 aliphatic rings. The Labute approximate surface area is 177 Å². The van der Waals surface area contributed by atoms with Crippen molar-refractivity contribution < 1.29 is 34.0 Å². The number of hydrogen-bond donors (Lipinski definition) is 3. The fourth-order valence-corrected chi connectivity index (χ4v) is 2.31. The number of ether oxygens (including phenoxy) is 3. The molecule has 29 heavy (non-hydrogen) atoms. The van der Waals surface area contributed by atoms with E-state index in [1.807, 2.05) is 18.2 Å². The summed E-state index contributed by atoms with van der Waals surface area (Å²) in [6, 6.07) is 5.76. The standard InChI is InChI=1S/C18H30ClNO3.C2H2O4/c1-18(2,3)16-14-15(19)6-7-17(16)23-13-12-22-11-9-20-8-5-10-21-4;3-1(4)2(5)6/h6-7,14,20H,5,8-13H2,1-4H3;(H,3,4)(H,5,6). The predicted molar refractivity (Wildman–Crippen MR) is 111 cm³/mol. The Balaban J connectivity index is 0.00000113. The van der Waals surface area contributed by atoms with Crippen LogP contribution in [-0.2, 0) is 24.5 Å². The van der Waals surface area contributed by atoms with Crippen LogP contribution in [0, 0.1) is 0 Å². The first kappa shape index (κ1) is 27.1. The molecule has 0 atom stereocenters. The highest BCUT2D eigenvalue weighted by molar-refractivity contribution is 6.30. The second-order valence-corrected chi connectivity index (χ2v) is 7.49. The fraction of sp³-hybridized carbons (Fsp3) is 0.600. The fourth-order valence-electron chi connectivity index (χ4n) is 2.14. The number of carboxylic acid groups (broad SMARTS) is 2. The average Bonchev–Trinajstić information content (AvgIpc) is 2.64. The maximum atomic E-state index is 9.10. The lowest BCUT2D eigenvalue weighted by Crippen LogP contribution is -2.23. The molecule has 0 amide bonds. The summed E-state index contributed by atoms with van der Waals surface area (Å²) in [5, 5.41) is 18.8. The van der Waals surface area contributed by atoms with Crippen molar-refractivity contribution in [3.05, 3.63) is 28.8 Å². The van der Waals surface area contributed by atoms with Gasteiger partial charge in [-0.3, -0.25) is 0 Å². The largest absolute Gasteiger partial charge is 0.491 e. The Kier molecular flexibility index (Phi) is 14.1. The second kappa shape index (κ2) is 15.0. The van der Waals surface area contributed by atoms with E-state index >= 15 is 0 Å². The van der Waals surface area contributed by atoms with Gasteiger partial charge in [-0.2, -0.15) is 0 Å². The summed E-state index contributed by atoms with van der Waals surface area (Å²) in [5.74, 6) is -2.77. The first-order chi connectivity index (χ1) is 13.6. The number of carboxylic acids is 2. The van der Waals surface area contributed by atoms with Crippen LogP contribution in [0.1, 0.15) is 32.8 Å². The van der Waals surface area contributed by atoms with E-state index in [-0.39, 0.29) is 5.41 Å². The third-order valence-corrected chi connectivity index (χ3v) is 3.78. The number of hydrogen-bond acceptors (Lipinski definition) is 6. The topological polar surface area (TPSA) is 114 Å². The zero-order chi connectivity index (χ0) is 22.3. The minimum Gasteiger partial charge on any atom is -0.491 e. The van der Waals surface area contributed by atoms with Gasteiger partial charge in [0.25, 0.3) is 0 Å². The second-order valence-electron chi connectivity index (χ2n) is 7.06. The summed E-state index contributed by atoms with van der Waals surface area (Å²) in [5.41, 5.74) is 1.11. The van der Waals surface area contributed by atoms with Crippen LogP contribution in [0.15, 0.2) is 18.2 Å². The van der Waals surface area contributed by atoms with Crippen molar-refractivity contribution in [3.8, 4) is 5.75 Å². The van der Waals surface area contributed by atoms with Crippen molar-refractivity contribution in [1.29, 1.82) is 0 Å². The maximum absolute atomic E-state index is 9.10. The smallest absolute Gasteiger partial charge is 0.414 e. The first-order valence-electron chi connectivity index (χ1n) is 9.26. The third kappa shape index (κ3) is 13.9. The monoisotopic (exact) mass is 433 g/mol. The van der Waals surface area contributed by atoms with Gasteiger partial charge in [0, 0.05) is 30.8 Å². The van der Waals surface area contributed by atoms with Gasteiger partial charge in [-0.1, -0.05) is 32.4 Å². The highest BCUT2D eigenvalue weighted by atomic mass is 35.5. The zero-order valence-corrected chi connectivity index (χ0v) is 18.3. The molecule has 0 saturated heterocycles. The highest BCUT2D eigenvalue weighted by Crippen LogP contribution is 2.33. The molecular weight excluding hydrogens is 402 g/mol. The van der Waals surface area contributed by atoms with Gasteiger partial charge < -0.3 is 29.7 Å². The van der Waals surface area contributed by atoms with Crippen LogP contribution in [0.4, 0.5) is 0 Å². The van der Waals surface area contributed by atoms with E-state index in [1.165, 1.54) is 0 Å². The van der Waals surface area contributed by atoms with Gasteiger partial charge in [0.1, 0.15) is 12.4 Å². The van der Waals surface area contributed by atoms with Crippen molar-refractivity contribution in [2.75, 3.05) is 46.6 Å². The number of halogens is 1. The number of carbonyl (C=O) groups is 2. The van der Waals surface area contributed by atoms with Crippen LogP contribution in [0.3, 0.4) is 0 Å². The van der Waals surface area contributed by atoms with Crippen LogP contribution in [0.25, 0.3) is 0 Å². The molecule has 3 N–H and O–H groups in total. The van der Waals surface area contributed by atoms with Crippen molar-refractivity contribution >= 4 is 23.5 Å². The van der Waals surface area contributed by atoms with Crippen molar-refractivity contribution in [2.24, 2.45) is 0 Å². The van der Waals surface area contributed by atoms with Gasteiger partial charge in [0.15, 0.2) is 0 Å². The normalized spacial score (nSPS) is 10.8. The lowest BCUT2D eigenvalue weighted by molar-refractivity contribution is -0.159. The predicted octanol–water partition coefficient (Wildman–Crippen LogP) is 2.81. The molecule has 0 fully saturated rings. The minimum atomic E-state index is -1.82. The van der Waals surface area contributed by atoms with Crippen LogP contribution in [0.2, 0.25) is 5.02 Å². The molecule has 0 unspecified atom stereocenters. The van der Waals surface area contributed by atoms with Crippen LogP contribution in [0.5, 0.6) is 5.75 Å². The van der Waals surface area contributed by atoms with E-state index in [1.54, 1.807) is 7.11 Å². The molecule has 0 bridgehead atoms. The van der Waals surface area contributed by atoms with E-state index in [9.17, 15) is 0 Å². The van der Waals surface area contributed by atoms with Crippen molar-refractivity contribution in [3.63, 3.8) is 0 Å². The van der Waals surface area contributed by atoms with Gasteiger partial charge in [-0.25, -0.2) is 9.59 Å². The summed E-state index contributed by atoms with van der Waals surface area (Å²) in [7, 11) is 1.72. The van der Waals surface area contributed by atoms with E-state index in [2.05, 4.69) is 26.1 Å². The number of nitrogens with one attached hydrogen (secondary N) is 1. The van der Waals surface area contributed by atoms with E-state index < -0.39 is 11.9 Å². The molecular formula is C20H32ClNO7. The molecule has 0 radical (unpaired) electrons. The van der Waals surface area contributed by atoms with E-state index in [4.69, 9.17) is 45.6 Å². The molecule has 0 aromatic heterocycles. The van der Waals surface area contributed by atoms with Gasteiger partial charge in [-0.15, -0.1) is 0 Å². The molecule has 0 saturated carbocycles. The Hall–Kier alpha value is -1.87. The quantitative estimate of drug-likeness (QED) is 0.360. The van der Waals surface area contributed by atoms with Gasteiger partial charge in [-0.05, 0) is 36.6 Å². The van der Waals surface area contributed by atoms with Crippen molar-refractivity contribution in [1.82, 2.24) is 5.32 Å². The van der Waals surface area contributed by atoms with Crippen LogP contribution in [-0.4, -0.2) is 68.8 Å². The van der Waals surface area contributed by atoms with E-state index in [0.717, 1.165) is 42.5 Å². The zero-order valence-electron chi connectivity index (χ0n) is 17.5. The lowest BCUT2D eigenvalue weighted by Gasteiger charge is -2.23. The minimum absolute atomic E-state index is 0.00673. The number of benzene rings is 1. The summed E-state index contributed by atoms with van der Waals surface area (Å²) < 4.78 is 16.4. The number of rotatable bonds is 11. The molecule has 1 aromatic carbocycles. The van der Waals surface area contributed by atoms with Gasteiger partial charge >= 0.3 is 11.9 Å².